The first-order valence-corrected chi connectivity index (χ1v) is 24.5. The number of benzene rings is 2. The average molecular weight is 954 g/mol. The highest BCUT2D eigenvalue weighted by Gasteiger charge is 2.30. The summed E-state index contributed by atoms with van der Waals surface area (Å²) < 4.78 is 38.7. The molecule has 2 aliphatic heterocycles. The molecule has 0 N–H and O–H groups in total. The summed E-state index contributed by atoms with van der Waals surface area (Å²) in [4.78, 5) is 36.7. The molecule has 1 atom stereocenters. The highest BCUT2D eigenvalue weighted by molar-refractivity contribution is 7.22. The number of unbranched alkanes of at least 4 members (excludes halogenated alkanes) is 1. The Bertz CT molecular complexity index is 2540. The van der Waals surface area contributed by atoms with Crippen LogP contribution in [0.3, 0.4) is 0 Å². The van der Waals surface area contributed by atoms with Crippen LogP contribution in [0.4, 0.5) is 0 Å². The van der Waals surface area contributed by atoms with Gasteiger partial charge in [0.05, 0.1) is 35.9 Å². The standard InChI is InChI=1S/C50H61ClN8O7S/c1-5-7-18-59-38(16-17-55-59)33-65-40-11-9-8-10-36(40)31-42(50(60)62-6-2)66-48-45-44(39-13-14-41(46(51)35(39)3)63-29-25-57-21-19-56(4)20-22-57)47(67-49(45)54-34-53-48)37-12-15-43(52-32-37)64-30-26-58-23-27-61-28-24-58/h8-17,32,34,42H,5-7,18-31,33H2,1-4H3/t42-/m1/s1. The van der Waals surface area contributed by atoms with Crippen LogP contribution in [0.2, 0.25) is 5.02 Å². The summed E-state index contributed by atoms with van der Waals surface area (Å²) in [5.74, 6) is 1.48. The fourth-order valence-electron chi connectivity index (χ4n) is 8.26. The summed E-state index contributed by atoms with van der Waals surface area (Å²) in [6.07, 6.45) is 6.23. The van der Waals surface area contributed by atoms with Crippen LogP contribution in [0.1, 0.15) is 43.5 Å². The van der Waals surface area contributed by atoms with Gasteiger partial charge < -0.3 is 33.3 Å². The van der Waals surface area contributed by atoms with Gasteiger partial charge in [0.25, 0.3) is 0 Å². The molecule has 4 aromatic heterocycles. The number of rotatable bonds is 22. The summed E-state index contributed by atoms with van der Waals surface area (Å²) in [5.41, 5.74) is 5.04. The normalized spacial score (nSPS) is 15.4. The third-order valence-corrected chi connectivity index (χ3v) is 13.8. The van der Waals surface area contributed by atoms with E-state index >= 15 is 0 Å². The Labute approximate surface area is 401 Å². The molecule has 0 radical (unpaired) electrons. The van der Waals surface area contributed by atoms with Gasteiger partial charge in [0.15, 0.2) is 0 Å². The van der Waals surface area contributed by atoms with E-state index < -0.39 is 12.1 Å². The lowest BCUT2D eigenvalue weighted by Gasteiger charge is -2.32. The van der Waals surface area contributed by atoms with Crippen molar-refractivity contribution >= 4 is 39.1 Å². The number of halogens is 1. The Morgan fingerprint density at radius 2 is 1.66 bits per heavy atom. The van der Waals surface area contributed by atoms with Crippen molar-refractivity contribution in [3.63, 3.8) is 0 Å². The number of aromatic nitrogens is 5. The number of fused-ring (bicyclic) bond motifs is 1. The molecule has 2 aliphatic rings. The number of piperazine rings is 1. The van der Waals surface area contributed by atoms with Crippen molar-refractivity contribution in [3.05, 3.63) is 95.2 Å². The van der Waals surface area contributed by atoms with E-state index in [0.717, 1.165) is 123 Å². The summed E-state index contributed by atoms with van der Waals surface area (Å²) >= 11 is 8.69. The van der Waals surface area contributed by atoms with Crippen molar-refractivity contribution in [2.75, 3.05) is 92.4 Å². The van der Waals surface area contributed by atoms with Gasteiger partial charge in [-0.3, -0.25) is 14.5 Å². The number of likely N-dealkylation sites (N-methyl/N-ethyl adjacent to an activating group) is 1. The second kappa shape index (κ2) is 23.6. The zero-order valence-corrected chi connectivity index (χ0v) is 40.5. The predicted octanol–water partition coefficient (Wildman–Crippen LogP) is 7.85. The lowest BCUT2D eigenvalue weighted by atomic mass is 9.96. The number of pyridine rings is 1. The van der Waals surface area contributed by atoms with Gasteiger partial charge in [0.2, 0.25) is 17.9 Å². The third-order valence-electron chi connectivity index (χ3n) is 12.2. The number of hydrogen-bond acceptors (Lipinski definition) is 15. The molecule has 0 spiro atoms. The van der Waals surface area contributed by atoms with Gasteiger partial charge in [-0.05, 0) is 68.3 Å². The highest BCUT2D eigenvalue weighted by atomic mass is 35.5. The molecule has 6 aromatic rings. The minimum absolute atomic E-state index is 0.157. The van der Waals surface area contributed by atoms with Crippen molar-refractivity contribution in [1.29, 1.82) is 0 Å². The van der Waals surface area contributed by atoms with Crippen LogP contribution in [0.25, 0.3) is 31.8 Å². The molecular formula is C50H61ClN8O7S. The molecular weight excluding hydrogens is 892 g/mol. The Morgan fingerprint density at radius 1 is 0.866 bits per heavy atom. The van der Waals surface area contributed by atoms with E-state index in [1.165, 1.54) is 17.7 Å². The number of hydrogen-bond donors (Lipinski definition) is 0. The Kier molecular flexibility index (Phi) is 16.9. The number of esters is 1. The summed E-state index contributed by atoms with van der Waals surface area (Å²) in [7, 11) is 2.15. The number of nitrogens with zero attached hydrogens (tertiary/aromatic N) is 8. The van der Waals surface area contributed by atoms with Crippen molar-refractivity contribution in [3.8, 4) is 44.8 Å². The summed E-state index contributed by atoms with van der Waals surface area (Å²) in [5, 5.41) is 5.64. The molecule has 2 saturated heterocycles. The first kappa shape index (κ1) is 48.1. The van der Waals surface area contributed by atoms with Crippen LogP contribution in [0.15, 0.2) is 73.3 Å². The SMILES string of the molecule is CCCCn1nccc1COc1ccccc1C[C@@H](Oc1ncnc2sc(-c3ccc(OCCN4CCOCC4)nc3)c(-c3ccc(OCCN4CCN(C)CC4)c(Cl)c3C)c12)C(=O)OCC. The molecule has 0 amide bonds. The van der Waals surface area contributed by atoms with Gasteiger partial charge >= 0.3 is 5.97 Å². The van der Waals surface area contributed by atoms with E-state index in [9.17, 15) is 4.79 Å². The Balaban J connectivity index is 1.11. The fraction of sp³-hybridized carbons (Fsp3) is 0.460. The molecule has 0 bridgehead atoms. The second-order valence-electron chi connectivity index (χ2n) is 16.8. The molecule has 17 heteroatoms. The molecule has 67 heavy (non-hydrogen) atoms. The first-order chi connectivity index (χ1) is 32.8. The molecule has 0 aliphatic carbocycles. The average Bonchev–Trinajstić information content (AvgIpc) is 3.98. The third kappa shape index (κ3) is 12.2. The molecule has 2 aromatic carbocycles. The van der Waals surface area contributed by atoms with Crippen LogP contribution >= 0.6 is 22.9 Å². The van der Waals surface area contributed by atoms with Gasteiger partial charge in [-0.25, -0.2) is 19.7 Å². The Hall–Kier alpha value is -5.36. The van der Waals surface area contributed by atoms with Crippen molar-refractivity contribution < 1.29 is 33.2 Å². The van der Waals surface area contributed by atoms with Crippen LogP contribution < -0.4 is 18.9 Å². The smallest absolute Gasteiger partial charge is 0.347 e. The van der Waals surface area contributed by atoms with Crippen LogP contribution in [0.5, 0.6) is 23.3 Å². The number of morpholine rings is 1. The minimum Gasteiger partial charge on any atom is -0.491 e. The van der Waals surface area contributed by atoms with Gasteiger partial charge in [-0.1, -0.05) is 49.2 Å². The quantitative estimate of drug-likeness (QED) is 0.0611. The topological polar surface area (TPSA) is 139 Å². The van der Waals surface area contributed by atoms with E-state index in [0.29, 0.717) is 52.4 Å². The van der Waals surface area contributed by atoms with Crippen LogP contribution in [0, 0.1) is 6.92 Å². The first-order valence-electron chi connectivity index (χ1n) is 23.3. The van der Waals surface area contributed by atoms with E-state index in [1.807, 2.05) is 72.4 Å². The van der Waals surface area contributed by atoms with E-state index in [-0.39, 0.29) is 18.9 Å². The van der Waals surface area contributed by atoms with Crippen LogP contribution in [-0.2, 0) is 33.8 Å². The number of carbonyl (C=O) groups excluding carboxylic acids is 1. The zero-order valence-electron chi connectivity index (χ0n) is 39.0. The maximum Gasteiger partial charge on any atom is 0.347 e. The minimum atomic E-state index is -1.08. The summed E-state index contributed by atoms with van der Waals surface area (Å²) in [6, 6.07) is 17.5. The maximum atomic E-state index is 13.9. The van der Waals surface area contributed by atoms with Crippen molar-refractivity contribution in [1.82, 2.24) is 39.4 Å². The molecule has 0 saturated carbocycles. The molecule has 6 heterocycles. The zero-order chi connectivity index (χ0) is 46.5. The van der Waals surface area contributed by atoms with E-state index in [4.69, 9.17) is 55.0 Å². The van der Waals surface area contributed by atoms with Gasteiger partial charge in [-0.2, -0.15) is 5.10 Å². The number of aryl methyl sites for hydroxylation is 1. The summed E-state index contributed by atoms with van der Waals surface area (Å²) in [6.45, 7) is 17.2. The number of ether oxygens (including phenoxy) is 6. The van der Waals surface area contributed by atoms with Gasteiger partial charge in [0.1, 0.15) is 42.5 Å². The number of para-hydroxylation sites is 1. The molecule has 0 unspecified atom stereocenters. The maximum absolute atomic E-state index is 13.9. The van der Waals surface area contributed by atoms with E-state index in [2.05, 4.69) is 33.8 Å². The Morgan fingerprint density at radius 3 is 2.43 bits per heavy atom. The van der Waals surface area contributed by atoms with E-state index in [1.54, 1.807) is 13.1 Å². The molecule has 2 fully saturated rings. The fourth-order valence-corrected chi connectivity index (χ4v) is 9.62. The van der Waals surface area contributed by atoms with Gasteiger partial charge in [-0.15, -0.1) is 11.3 Å². The number of carbonyl (C=O) groups is 1. The molecule has 15 nitrogen and oxygen atoms in total. The lowest BCUT2D eigenvalue weighted by Crippen LogP contribution is -2.45. The van der Waals surface area contributed by atoms with Crippen molar-refractivity contribution in [2.24, 2.45) is 0 Å². The van der Waals surface area contributed by atoms with Gasteiger partial charge in [0, 0.05) is 99.8 Å². The number of thiophene rings is 1. The predicted molar refractivity (Wildman–Crippen MR) is 261 cm³/mol. The largest absolute Gasteiger partial charge is 0.491 e. The lowest BCUT2D eigenvalue weighted by molar-refractivity contribution is -0.151. The highest BCUT2D eigenvalue weighted by Crippen LogP contribution is 2.49. The molecule has 356 valence electrons. The monoisotopic (exact) mass is 952 g/mol. The molecule has 8 rings (SSSR count). The van der Waals surface area contributed by atoms with Crippen molar-refractivity contribution in [2.45, 2.75) is 59.3 Å². The second-order valence-corrected chi connectivity index (χ2v) is 18.1. The van der Waals surface area contributed by atoms with Crippen LogP contribution in [-0.4, -0.2) is 144 Å².